The smallest absolute Gasteiger partial charge is 0.312 e. The monoisotopic (exact) mass is 261 g/mol. The zero-order valence-corrected chi connectivity index (χ0v) is 11.1. The highest BCUT2D eigenvalue weighted by atomic mass is 16.5. The second kappa shape index (κ2) is 3.31. The first-order chi connectivity index (χ1) is 8.88. The molecule has 0 aliphatic heterocycles. The first-order valence-electron chi connectivity index (χ1n) is 6.12. The fraction of sp³-hybridized carbons (Fsp3) is 0.538. The number of nitrogens with zero attached hydrogens (tertiary/aromatic N) is 2. The average molecular weight is 261 g/mol. The molecule has 0 saturated heterocycles. The number of aryl methyl sites for hydroxylation is 2. The average Bonchev–Trinajstić information content (AvgIpc) is 3.18. The van der Waals surface area contributed by atoms with Crippen molar-refractivity contribution in [2.45, 2.75) is 26.7 Å². The van der Waals surface area contributed by atoms with Gasteiger partial charge in [-0.25, -0.2) is 9.97 Å². The maximum atomic E-state index is 12.5. The van der Waals surface area contributed by atoms with E-state index in [1.165, 1.54) is 7.11 Å². The van der Waals surface area contributed by atoms with Gasteiger partial charge in [-0.1, -0.05) is 0 Å². The van der Waals surface area contributed by atoms with Gasteiger partial charge in [-0.2, -0.15) is 0 Å². The number of Topliss-reactive ketones (excluding diaryl/α,β-unsaturated/α-hetero) is 1. The van der Waals surface area contributed by atoms with Crippen LogP contribution in [0.3, 0.4) is 0 Å². The molecule has 0 aromatic carbocycles. The van der Waals surface area contributed by atoms with Crippen LogP contribution in [-0.4, -0.2) is 28.8 Å². The molecule has 0 radical (unpaired) electrons. The summed E-state index contributed by atoms with van der Waals surface area (Å²) < 4.78 is 4.74. The van der Waals surface area contributed by atoms with E-state index in [0.717, 1.165) is 0 Å². The third kappa shape index (κ3) is 1.31. The maximum absolute atomic E-state index is 12.5. The van der Waals surface area contributed by atoms with Gasteiger partial charge in [0.2, 0.25) is 0 Å². The molecule has 6 nitrogen and oxygen atoms in total. The molecule has 1 heterocycles. The van der Waals surface area contributed by atoms with E-state index in [1.54, 1.807) is 13.8 Å². The summed E-state index contributed by atoms with van der Waals surface area (Å²) in [5.74, 6) is -0.345. The predicted octanol–water partition coefficient (Wildman–Crippen LogP) is 0.812. The molecule has 0 atom stereocenters. The molecule has 100 valence electrons. The van der Waals surface area contributed by atoms with Crippen molar-refractivity contribution in [3.05, 3.63) is 17.1 Å². The number of carbonyl (C=O) groups is 2. The van der Waals surface area contributed by atoms with Crippen LogP contribution in [0.15, 0.2) is 0 Å². The zero-order chi connectivity index (χ0) is 14.0. The number of rotatable bonds is 3. The summed E-state index contributed by atoms with van der Waals surface area (Å²) >= 11 is 0. The van der Waals surface area contributed by atoms with Crippen LogP contribution in [-0.2, 0) is 9.53 Å². The van der Waals surface area contributed by atoms with Crippen molar-refractivity contribution >= 4 is 17.6 Å². The standard InChI is InChI=1S/C13H15N3O3/c1-6-7(2)16-10(14)8(15-6)9(17)12-4-13(12,5-12)11(18)19-3/h4-5H2,1-3H3,(H2,14,16). The number of hydrogen-bond donors (Lipinski definition) is 1. The number of esters is 1. The molecule has 2 saturated carbocycles. The van der Waals surface area contributed by atoms with E-state index in [-0.39, 0.29) is 23.3 Å². The summed E-state index contributed by atoms with van der Waals surface area (Å²) in [6, 6.07) is 0. The van der Waals surface area contributed by atoms with Crippen molar-refractivity contribution in [2.75, 3.05) is 12.8 Å². The van der Waals surface area contributed by atoms with Gasteiger partial charge in [0.05, 0.1) is 29.3 Å². The highest BCUT2D eigenvalue weighted by Gasteiger charge is 2.91. The molecule has 0 spiro atoms. The SMILES string of the molecule is COC(=O)C12CC1(C(=O)c1nc(C)c(C)nc1N)C2. The molecular weight excluding hydrogens is 246 g/mol. The summed E-state index contributed by atoms with van der Waals surface area (Å²) in [7, 11) is 1.34. The van der Waals surface area contributed by atoms with Gasteiger partial charge in [0, 0.05) is 0 Å². The number of nitrogens with two attached hydrogens (primary N) is 1. The van der Waals surface area contributed by atoms with Gasteiger partial charge in [-0.15, -0.1) is 0 Å². The number of ether oxygens (including phenoxy) is 1. The lowest BCUT2D eigenvalue weighted by Crippen LogP contribution is -2.16. The fourth-order valence-electron chi connectivity index (χ4n) is 2.82. The Morgan fingerprint density at radius 1 is 1.16 bits per heavy atom. The zero-order valence-electron chi connectivity index (χ0n) is 11.1. The summed E-state index contributed by atoms with van der Waals surface area (Å²) in [4.78, 5) is 32.5. The minimum Gasteiger partial charge on any atom is -0.469 e. The van der Waals surface area contributed by atoms with Crippen LogP contribution in [0.25, 0.3) is 0 Å². The van der Waals surface area contributed by atoms with Crippen LogP contribution < -0.4 is 5.73 Å². The van der Waals surface area contributed by atoms with Crippen LogP contribution >= 0.6 is 0 Å². The number of fused-ring (bicyclic) bond motifs is 1. The van der Waals surface area contributed by atoms with E-state index in [4.69, 9.17) is 10.5 Å². The number of methoxy groups -OCH3 is 1. The normalized spacial score (nSPS) is 30.5. The Morgan fingerprint density at radius 3 is 2.32 bits per heavy atom. The van der Waals surface area contributed by atoms with E-state index >= 15 is 0 Å². The van der Waals surface area contributed by atoms with Gasteiger partial charge in [-0.3, -0.25) is 9.59 Å². The summed E-state index contributed by atoms with van der Waals surface area (Å²) in [5, 5.41) is 0. The van der Waals surface area contributed by atoms with Crippen molar-refractivity contribution in [2.24, 2.45) is 10.8 Å². The molecule has 0 bridgehead atoms. The Morgan fingerprint density at radius 2 is 1.74 bits per heavy atom. The lowest BCUT2D eigenvalue weighted by Gasteiger charge is -2.07. The topological polar surface area (TPSA) is 95.2 Å². The molecule has 2 aliphatic carbocycles. The number of hydrogen-bond acceptors (Lipinski definition) is 6. The Bertz CT molecular complexity index is 618. The molecular formula is C13H15N3O3. The van der Waals surface area contributed by atoms with E-state index < -0.39 is 10.8 Å². The highest BCUT2D eigenvalue weighted by molar-refractivity contribution is 6.13. The lowest BCUT2D eigenvalue weighted by atomic mass is 10.1. The Hall–Kier alpha value is -1.98. The highest BCUT2D eigenvalue weighted by Crippen LogP contribution is 2.87. The van der Waals surface area contributed by atoms with E-state index in [2.05, 4.69) is 9.97 Å². The van der Waals surface area contributed by atoms with Crippen molar-refractivity contribution in [1.82, 2.24) is 9.97 Å². The van der Waals surface area contributed by atoms with E-state index in [0.29, 0.717) is 24.2 Å². The van der Waals surface area contributed by atoms with Gasteiger partial charge < -0.3 is 10.5 Å². The molecule has 3 rings (SSSR count). The number of aromatic nitrogens is 2. The lowest BCUT2D eigenvalue weighted by molar-refractivity contribution is -0.144. The Labute approximate surface area is 110 Å². The van der Waals surface area contributed by atoms with Gasteiger partial charge in [0.1, 0.15) is 5.69 Å². The Balaban J connectivity index is 1.93. The molecule has 1 aromatic heterocycles. The van der Waals surface area contributed by atoms with Crippen LogP contribution in [0.5, 0.6) is 0 Å². The molecule has 19 heavy (non-hydrogen) atoms. The molecule has 1 aromatic rings. The molecule has 2 aliphatic rings. The first-order valence-corrected chi connectivity index (χ1v) is 6.12. The Kier molecular flexibility index (Phi) is 2.11. The second-order valence-corrected chi connectivity index (χ2v) is 5.47. The van der Waals surface area contributed by atoms with Crippen molar-refractivity contribution in [3.63, 3.8) is 0 Å². The van der Waals surface area contributed by atoms with Gasteiger partial charge in [-0.05, 0) is 26.7 Å². The minimum absolute atomic E-state index is 0.139. The molecule has 2 N–H and O–H groups in total. The number of anilines is 1. The number of carbonyl (C=O) groups excluding carboxylic acids is 2. The third-order valence-corrected chi connectivity index (χ3v) is 4.43. The number of ketones is 1. The van der Waals surface area contributed by atoms with Crippen LogP contribution in [0, 0.1) is 24.7 Å². The van der Waals surface area contributed by atoms with Gasteiger partial charge >= 0.3 is 5.97 Å². The van der Waals surface area contributed by atoms with Crippen molar-refractivity contribution in [1.29, 1.82) is 0 Å². The summed E-state index contributed by atoms with van der Waals surface area (Å²) in [6.45, 7) is 3.57. The first kappa shape index (κ1) is 12.1. The molecule has 0 unspecified atom stereocenters. The molecule has 0 amide bonds. The van der Waals surface area contributed by atoms with Crippen LogP contribution in [0.2, 0.25) is 0 Å². The summed E-state index contributed by atoms with van der Waals surface area (Å²) in [5.41, 5.74) is 6.12. The van der Waals surface area contributed by atoms with Gasteiger partial charge in [0.25, 0.3) is 0 Å². The predicted molar refractivity (Wildman–Crippen MR) is 66.4 cm³/mol. The minimum atomic E-state index is -0.620. The molecule has 2 fully saturated rings. The van der Waals surface area contributed by atoms with Crippen molar-refractivity contribution in [3.8, 4) is 0 Å². The van der Waals surface area contributed by atoms with Crippen LogP contribution in [0.1, 0.15) is 34.7 Å². The third-order valence-electron chi connectivity index (χ3n) is 4.43. The largest absolute Gasteiger partial charge is 0.469 e. The maximum Gasteiger partial charge on any atom is 0.312 e. The van der Waals surface area contributed by atoms with Crippen LogP contribution in [0.4, 0.5) is 5.82 Å². The van der Waals surface area contributed by atoms with E-state index in [1.807, 2.05) is 0 Å². The fourth-order valence-corrected chi connectivity index (χ4v) is 2.82. The van der Waals surface area contributed by atoms with Crippen molar-refractivity contribution < 1.29 is 14.3 Å². The molecule has 6 heteroatoms. The second-order valence-electron chi connectivity index (χ2n) is 5.47. The summed E-state index contributed by atoms with van der Waals surface area (Å²) in [6.07, 6.45) is 1.08. The quantitative estimate of drug-likeness (QED) is 0.639. The number of nitrogen functional groups attached to an aromatic ring is 1. The van der Waals surface area contributed by atoms with E-state index in [9.17, 15) is 9.59 Å². The van der Waals surface area contributed by atoms with Gasteiger partial charge in [0.15, 0.2) is 11.6 Å².